The van der Waals surface area contributed by atoms with Crippen molar-refractivity contribution in [1.29, 1.82) is 0 Å². The number of rotatable bonds is 4. The fourth-order valence-electron chi connectivity index (χ4n) is 1.07. The topological polar surface area (TPSA) is 75.3 Å². The van der Waals surface area contributed by atoms with Gasteiger partial charge in [-0.3, -0.25) is 4.79 Å². The van der Waals surface area contributed by atoms with Crippen LogP contribution in [0.3, 0.4) is 0 Å². The molecule has 0 fully saturated rings. The normalized spacial score (nSPS) is 14.6. The van der Waals surface area contributed by atoms with Gasteiger partial charge in [0.25, 0.3) is 5.91 Å². The maximum atomic E-state index is 11.8. The van der Waals surface area contributed by atoms with Crippen molar-refractivity contribution in [2.75, 3.05) is 12.3 Å². The highest BCUT2D eigenvalue weighted by Gasteiger charge is 2.25. The van der Waals surface area contributed by atoms with Gasteiger partial charge >= 0.3 is 0 Å². The highest BCUT2D eigenvalue weighted by Crippen LogP contribution is 2.20. The third-order valence-electron chi connectivity index (χ3n) is 2.45. The molecule has 1 unspecified atom stereocenters. The molecule has 4 nitrogen and oxygen atoms in total. The Labute approximate surface area is 93.1 Å². The first-order chi connectivity index (χ1) is 7.02. The summed E-state index contributed by atoms with van der Waals surface area (Å²) >= 11 is 1.30. The van der Waals surface area contributed by atoms with Crippen LogP contribution in [0.25, 0.3) is 0 Å². The van der Waals surface area contributed by atoms with Crippen molar-refractivity contribution in [2.24, 2.45) is 0 Å². The van der Waals surface area contributed by atoms with E-state index in [2.05, 4.69) is 5.32 Å². The van der Waals surface area contributed by atoms with Crippen LogP contribution in [-0.2, 0) is 0 Å². The van der Waals surface area contributed by atoms with Crippen LogP contribution in [0.5, 0.6) is 0 Å². The van der Waals surface area contributed by atoms with E-state index in [4.69, 9.17) is 10.8 Å². The van der Waals surface area contributed by atoms with Gasteiger partial charge in [0.1, 0.15) is 4.88 Å². The summed E-state index contributed by atoms with van der Waals surface area (Å²) in [7, 11) is 0. The fraction of sp³-hybridized carbons (Fsp3) is 0.500. The number of carbonyl (C=O) groups is 1. The number of aliphatic hydroxyl groups is 1. The highest BCUT2D eigenvalue weighted by molar-refractivity contribution is 7.12. The third-order valence-corrected chi connectivity index (χ3v) is 3.38. The first-order valence-electron chi connectivity index (χ1n) is 4.79. The molecule has 1 rings (SSSR count). The standard InChI is InChI=1S/C10H16N2O2S/c1-3-10(2,6-13)12-9(14)8-7(11)4-5-15-8/h4-5,13H,3,6,11H2,1-2H3,(H,12,14). The molecule has 0 spiro atoms. The van der Waals surface area contributed by atoms with Gasteiger partial charge in [-0.05, 0) is 24.8 Å². The Bertz CT molecular complexity index is 345. The Morgan fingerprint density at radius 3 is 2.80 bits per heavy atom. The maximum Gasteiger partial charge on any atom is 0.263 e. The zero-order valence-electron chi connectivity index (χ0n) is 8.91. The molecule has 84 valence electrons. The van der Waals surface area contributed by atoms with E-state index in [9.17, 15) is 4.79 Å². The van der Waals surface area contributed by atoms with Gasteiger partial charge < -0.3 is 16.2 Å². The number of hydrogen-bond donors (Lipinski definition) is 3. The SMILES string of the molecule is CCC(C)(CO)NC(=O)c1sccc1N. The van der Waals surface area contributed by atoms with Crippen LogP contribution in [0.2, 0.25) is 0 Å². The van der Waals surface area contributed by atoms with Crippen molar-refractivity contribution in [3.8, 4) is 0 Å². The lowest BCUT2D eigenvalue weighted by atomic mass is 10.0. The molecule has 0 aliphatic carbocycles. The minimum atomic E-state index is -0.576. The largest absolute Gasteiger partial charge is 0.397 e. The van der Waals surface area contributed by atoms with Crippen molar-refractivity contribution in [3.05, 3.63) is 16.3 Å². The number of nitrogens with one attached hydrogen (secondary N) is 1. The summed E-state index contributed by atoms with van der Waals surface area (Å²) in [5.74, 6) is -0.221. The number of anilines is 1. The molecule has 5 heteroatoms. The molecule has 0 saturated carbocycles. The number of amides is 1. The van der Waals surface area contributed by atoms with Crippen LogP contribution in [0, 0.1) is 0 Å². The average molecular weight is 228 g/mol. The summed E-state index contributed by atoms with van der Waals surface area (Å²) in [5, 5.41) is 13.7. The van der Waals surface area contributed by atoms with E-state index in [1.807, 2.05) is 6.92 Å². The van der Waals surface area contributed by atoms with Crippen molar-refractivity contribution >= 4 is 22.9 Å². The molecule has 0 aliphatic heterocycles. The van der Waals surface area contributed by atoms with Crippen molar-refractivity contribution in [1.82, 2.24) is 5.32 Å². The summed E-state index contributed by atoms with van der Waals surface area (Å²) in [6.45, 7) is 3.63. The molecule has 1 aromatic rings. The molecule has 0 bridgehead atoms. The van der Waals surface area contributed by atoms with Crippen LogP contribution < -0.4 is 11.1 Å². The average Bonchev–Trinajstić information content (AvgIpc) is 2.64. The van der Waals surface area contributed by atoms with Crippen LogP contribution in [0.1, 0.15) is 29.9 Å². The Kier molecular flexibility index (Phi) is 3.71. The maximum absolute atomic E-state index is 11.8. The smallest absolute Gasteiger partial charge is 0.263 e. The van der Waals surface area contributed by atoms with E-state index in [-0.39, 0.29) is 12.5 Å². The van der Waals surface area contributed by atoms with E-state index < -0.39 is 5.54 Å². The molecular weight excluding hydrogens is 212 g/mol. The van der Waals surface area contributed by atoms with E-state index in [1.165, 1.54) is 11.3 Å². The number of nitrogens with two attached hydrogens (primary N) is 1. The van der Waals surface area contributed by atoms with Crippen LogP contribution >= 0.6 is 11.3 Å². The lowest BCUT2D eigenvalue weighted by Gasteiger charge is -2.26. The fourth-order valence-corrected chi connectivity index (χ4v) is 1.79. The van der Waals surface area contributed by atoms with E-state index in [1.54, 1.807) is 18.4 Å². The number of nitrogen functional groups attached to an aromatic ring is 1. The Morgan fingerprint density at radius 1 is 1.73 bits per heavy atom. The Hall–Kier alpha value is -1.07. The van der Waals surface area contributed by atoms with Gasteiger partial charge in [-0.25, -0.2) is 0 Å². The number of hydrogen-bond acceptors (Lipinski definition) is 4. The first kappa shape index (κ1) is 12.0. The van der Waals surface area contributed by atoms with Crippen LogP contribution in [-0.4, -0.2) is 23.2 Å². The number of aliphatic hydroxyl groups excluding tert-OH is 1. The predicted octanol–water partition coefficient (Wildman–Crippen LogP) is 1.22. The number of thiophene rings is 1. The van der Waals surface area contributed by atoms with Gasteiger partial charge in [0, 0.05) is 0 Å². The predicted molar refractivity (Wildman–Crippen MR) is 62.0 cm³/mol. The first-order valence-corrected chi connectivity index (χ1v) is 5.66. The van der Waals surface area contributed by atoms with Crippen molar-refractivity contribution < 1.29 is 9.90 Å². The molecule has 1 aromatic heterocycles. The molecule has 15 heavy (non-hydrogen) atoms. The van der Waals surface area contributed by atoms with Crippen molar-refractivity contribution in [3.63, 3.8) is 0 Å². The summed E-state index contributed by atoms with van der Waals surface area (Å²) in [6.07, 6.45) is 0.667. The molecule has 1 atom stereocenters. The quantitative estimate of drug-likeness (QED) is 0.725. The lowest BCUT2D eigenvalue weighted by molar-refractivity contribution is 0.0852. The summed E-state index contributed by atoms with van der Waals surface area (Å²) < 4.78 is 0. The monoisotopic (exact) mass is 228 g/mol. The molecule has 1 amide bonds. The molecular formula is C10H16N2O2S. The zero-order chi connectivity index (χ0) is 11.5. The van der Waals surface area contributed by atoms with Gasteiger partial charge in [0.2, 0.25) is 0 Å². The van der Waals surface area contributed by atoms with Gasteiger partial charge in [0.15, 0.2) is 0 Å². The minimum absolute atomic E-state index is 0.0828. The highest BCUT2D eigenvalue weighted by atomic mass is 32.1. The Morgan fingerprint density at radius 2 is 2.40 bits per heavy atom. The van der Waals surface area contributed by atoms with Gasteiger partial charge in [-0.15, -0.1) is 11.3 Å². The molecule has 0 aliphatic rings. The van der Waals surface area contributed by atoms with E-state index in [0.29, 0.717) is 17.0 Å². The van der Waals surface area contributed by atoms with Gasteiger partial charge in [-0.2, -0.15) is 0 Å². The van der Waals surface area contributed by atoms with Crippen LogP contribution in [0.15, 0.2) is 11.4 Å². The lowest BCUT2D eigenvalue weighted by Crippen LogP contribution is -2.48. The van der Waals surface area contributed by atoms with Gasteiger partial charge in [-0.1, -0.05) is 6.92 Å². The summed E-state index contributed by atoms with van der Waals surface area (Å²) in [6, 6.07) is 1.70. The van der Waals surface area contributed by atoms with Crippen LogP contribution in [0.4, 0.5) is 5.69 Å². The van der Waals surface area contributed by atoms with Gasteiger partial charge in [0.05, 0.1) is 17.8 Å². The zero-order valence-corrected chi connectivity index (χ0v) is 9.73. The molecule has 0 aromatic carbocycles. The Balaban J connectivity index is 2.76. The minimum Gasteiger partial charge on any atom is -0.397 e. The third kappa shape index (κ3) is 2.70. The molecule has 1 heterocycles. The summed E-state index contributed by atoms with van der Waals surface area (Å²) in [5.41, 5.74) is 5.53. The number of carbonyl (C=O) groups excluding carboxylic acids is 1. The van der Waals surface area contributed by atoms with E-state index in [0.717, 1.165) is 0 Å². The van der Waals surface area contributed by atoms with E-state index >= 15 is 0 Å². The second kappa shape index (κ2) is 4.63. The second-order valence-electron chi connectivity index (χ2n) is 3.73. The summed E-state index contributed by atoms with van der Waals surface area (Å²) in [4.78, 5) is 12.3. The van der Waals surface area contributed by atoms with Crippen molar-refractivity contribution in [2.45, 2.75) is 25.8 Å². The second-order valence-corrected chi connectivity index (χ2v) is 4.65. The molecule has 4 N–H and O–H groups in total. The molecule has 0 saturated heterocycles. The molecule has 0 radical (unpaired) electrons.